The van der Waals surface area contributed by atoms with E-state index in [1.165, 1.54) is 0 Å². The molecule has 6 rings (SSSR count). The molecule has 6 aromatic carbocycles. The summed E-state index contributed by atoms with van der Waals surface area (Å²) in [5, 5.41) is 75.5. The smallest absolute Gasteiger partial charge is 0.296 e. The molecular formula is C52H56N2O10. The fourth-order valence-corrected chi connectivity index (χ4v) is 8.47. The number of carbonyl (C=O) groups is 4. The van der Waals surface area contributed by atoms with Gasteiger partial charge >= 0.3 is 0 Å². The Bertz CT molecular complexity index is 2730. The van der Waals surface area contributed by atoms with Crippen molar-refractivity contribution in [3.05, 3.63) is 105 Å². The van der Waals surface area contributed by atoms with Gasteiger partial charge in [0.05, 0.1) is 11.1 Å². The Labute approximate surface area is 372 Å². The van der Waals surface area contributed by atoms with Crippen LogP contribution in [-0.2, 0) is 20.4 Å². The Morgan fingerprint density at radius 2 is 0.766 bits per heavy atom. The van der Waals surface area contributed by atoms with Crippen molar-refractivity contribution in [2.75, 3.05) is 10.6 Å². The van der Waals surface area contributed by atoms with Gasteiger partial charge in [0.15, 0.2) is 23.0 Å². The number of aryl methyl sites for hydroxylation is 2. The first-order chi connectivity index (χ1) is 29.7. The van der Waals surface area contributed by atoms with Gasteiger partial charge in [0.1, 0.15) is 11.5 Å². The summed E-state index contributed by atoms with van der Waals surface area (Å²) in [5.41, 5.74) is 1.49. The molecule has 0 aliphatic heterocycles. The van der Waals surface area contributed by atoms with Crippen molar-refractivity contribution in [1.82, 2.24) is 0 Å². The van der Waals surface area contributed by atoms with Gasteiger partial charge in [0.25, 0.3) is 23.4 Å². The van der Waals surface area contributed by atoms with E-state index in [0.29, 0.717) is 11.1 Å². The Morgan fingerprint density at radius 3 is 1.03 bits per heavy atom. The van der Waals surface area contributed by atoms with Crippen molar-refractivity contribution < 1.29 is 49.8 Å². The molecule has 12 nitrogen and oxygen atoms in total. The summed E-state index contributed by atoms with van der Waals surface area (Å²) in [6.45, 7) is 22.3. The van der Waals surface area contributed by atoms with Crippen LogP contribution in [0.4, 0.5) is 11.4 Å². The predicted molar refractivity (Wildman–Crippen MR) is 251 cm³/mol. The van der Waals surface area contributed by atoms with Crippen LogP contribution >= 0.6 is 0 Å². The molecule has 0 bridgehead atoms. The lowest BCUT2D eigenvalue weighted by Gasteiger charge is -2.24. The molecule has 64 heavy (non-hydrogen) atoms. The second kappa shape index (κ2) is 16.6. The fraction of sp³-hybridized carbons (Fsp3) is 0.308. The summed E-state index contributed by atoms with van der Waals surface area (Å²) in [6.07, 6.45) is 0. The van der Waals surface area contributed by atoms with Crippen LogP contribution in [0.15, 0.2) is 60.7 Å². The second-order valence-electron chi connectivity index (χ2n) is 19.2. The molecule has 0 saturated heterocycles. The third-order valence-electron chi connectivity index (χ3n) is 11.8. The van der Waals surface area contributed by atoms with E-state index in [4.69, 9.17) is 0 Å². The van der Waals surface area contributed by atoms with Crippen LogP contribution in [0.25, 0.3) is 32.7 Å². The quantitative estimate of drug-likeness (QED) is 0.0391. The van der Waals surface area contributed by atoms with Gasteiger partial charge in [-0.25, -0.2) is 0 Å². The summed E-state index contributed by atoms with van der Waals surface area (Å²) in [6, 6.07) is 16.8. The number of anilines is 2. The maximum atomic E-state index is 14.2. The van der Waals surface area contributed by atoms with Gasteiger partial charge in [-0.1, -0.05) is 106 Å². The summed E-state index contributed by atoms with van der Waals surface area (Å²) < 4.78 is 0. The molecule has 334 valence electrons. The third kappa shape index (κ3) is 8.04. The number of rotatable bonds is 9. The third-order valence-corrected chi connectivity index (χ3v) is 11.8. The highest BCUT2D eigenvalue weighted by molar-refractivity contribution is 6.50. The highest BCUT2D eigenvalue weighted by atomic mass is 16.3. The van der Waals surface area contributed by atoms with Crippen molar-refractivity contribution in [1.29, 1.82) is 0 Å². The predicted octanol–water partition coefficient (Wildman–Crippen LogP) is 11.0. The lowest BCUT2D eigenvalue weighted by Crippen LogP contribution is -2.24. The Morgan fingerprint density at radius 1 is 0.469 bits per heavy atom. The minimum Gasteiger partial charge on any atom is -0.507 e. The number of phenolic OH excluding ortho intramolecular Hbond substituents is 6. The standard InChI is InChI=1S/C52H56N2O10/c1-23(2)33-31-21-25(5)35(41(55)37(31)39(45(59)43(33)57)47(61)49(63)53-29-17-13-27(14-18-29)51(7,8)9)36-26(6)22-32-34(24(3)4)44(58)46(60)40(38(32)42(36)56)48(62)50(64)54-30-19-15-28(16-20-30)52(10,11)12/h13-24,55-60H,1-12H3,(H,53,63)(H,54,64). The van der Waals surface area contributed by atoms with Gasteiger partial charge < -0.3 is 41.3 Å². The number of benzene rings is 6. The first-order valence-electron chi connectivity index (χ1n) is 21.1. The summed E-state index contributed by atoms with van der Waals surface area (Å²) in [5.74, 6) is -10.4. The zero-order valence-electron chi connectivity index (χ0n) is 38.2. The number of nitrogens with one attached hydrogen (secondary N) is 2. The first kappa shape index (κ1) is 46.4. The molecule has 8 N–H and O–H groups in total. The Kier molecular flexibility index (Phi) is 12.0. The zero-order valence-corrected chi connectivity index (χ0v) is 38.2. The van der Waals surface area contributed by atoms with E-state index in [0.717, 1.165) is 11.1 Å². The summed E-state index contributed by atoms with van der Waals surface area (Å²) in [7, 11) is 0. The van der Waals surface area contributed by atoms with Crippen LogP contribution in [0.3, 0.4) is 0 Å². The van der Waals surface area contributed by atoms with Gasteiger partial charge in [0, 0.05) is 44.4 Å². The molecular weight excluding hydrogens is 813 g/mol. The maximum absolute atomic E-state index is 14.2. The molecule has 0 unspecified atom stereocenters. The van der Waals surface area contributed by atoms with Crippen LogP contribution < -0.4 is 10.6 Å². The monoisotopic (exact) mass is 868 g/mol. The average molecular weight is 869 g/mol. The van der Waals surface area contributed by atoms with E-state index in [-0.39, 0.29) is 66.0 Å². The van der Waals surface area contributed by atoms with Crippen LogP contribution in [0.5, 0.6) is 34.5 Å². The van der Waals surface area contributed by atoms with E-state index >= 15 is 0 Å². The number of hydrogen-bond donors (Lipinski definition) is 8. The normalized spacial score (nSPS) is 12.0. The maximum Gasteiger partial charge on any atom is 0.296 e. The van der Waals surface area contributed by atoms with Crippen molar-refractivity contribution in [3.8, 4) is 45.6 Å². The SMILES string of the molecule is Cc1cc2c(C(C)C)c(O)c(O)c(C(=O)C(=O)Nc3ccc(C(C)(C)C)cc3)c2c(O)c1-c1c(C)cc2c(C(C)C)c(O)c(O)c(C(=O)C(=O)Nc3ccc(C(C)(C)C)cc3)c2c1O. The number of fused-ring (bicyclic) bond motifs is 2. The number of ketones is 2. The molecule has 0 spiro atoms. The molecule has 0 aliphatic rings. The van der Waals surface area contributed by atoms with Crippen LogP contribution in [-0.4, -0.2) is 54.0 Å². The minimum atomic E-state index is -1.29. The lowest BCUT2D eigenvalue weighted by molar-refractivity contribution is -0.113. The zero-order chi connectivity index (χ0) is 47.7. The highest BCUT2D eigenvalue weighted by Gasteiger charge is 2.35. The molecule has 0 aromatic heterocycles. The number of phenols is 6. The molecule has 0 fully saturated rings. The number of hydrogen-bond acceptors (Lipinski definition) is 10. The molecule has 0 aliphatic carbocycles. The number of amides is 2. The number of Topliss-reactive ketones (excluding diaryl/α,β-unsaturated/α-hetero) is 2. The fourth-order valence-electron chi connectivity index (χ4n) is 8.47. The summed E-state index contributed by atoms with van der Waals surface area (Å²) >= 11 is 0. The largest absolute Gasteiger partial charge is 0.507 e. The van der Waals surface area contributed by atoms with E-state index in [1.54, 1.807) is 102 Å². The van der Waals surface area contributed by atoms with Gasteiger partial charge in [-0.15, -0.1) is 0 Å². The molecule has 0 atom stereocenters. The molecule has 0 saturated carbocycles. The van der Waals surface area contributed by atoms with Gasteiger partial charge in [-0.05, 0) is 93.8 Å². The van der Waals surface area contributed by atoms with Gasteiger partial charge in [-0.2, -0.15) is 0 Å². The van der Waals surface area contributed by atoms with Crippen molar-refractivity contribution in [2.45, 2.75) is 106 Å². The minimum absolute atomic E-state index is 0.0862. The average Bonchev–Trinajstić information content (AvgIpc) is 3.19. The molecule has 0 radical (unpaired) electrons. The molecule has 12 heteroatoms. The Hall–Kier alpha value is -7.08. The van der Waals surface area contributed by atoms with E-state index in [9.17, 15) is 49.8 Å². The molecule has 2 amide bonds. The molecule has 0 heterocycles. The topological polar surface area (TPSA) is 214 Å². The van der Waals surface area contributed by atoms with E-state index in [1.807, 2.05) is 41.5 Å². The van der Waals surface area contributed by atoms with Crippen LogP contribution in [0, 0.1) is 13.8 Å². The first-order valence-corrected chi connectivity index (χ1v) is 21.1. The van der Waals surface area contributed by atoms with Crippen molar-refractivity contribution >= 4 is 56.3 Å². The van der Waals surface area contributed by atoms with Gasteiger partial charge in [-0.3, -0.25) is 19.2 Å². The lowest BCUT2D eigenvalue weighted by atomic mass is 9.82. The van der Waals surface area contributed by atoms with E-state index < -0.39 is 80.8 Å². The van der Waals surface area contributed by atoms with Crippen molar-refractivity contribution in [2.24, 2.45) is 0 Å². The van der Waals surface area contributed by atoms with Crippen LogP contribution in [0.2, 0.25) is 0 Å². The Balaban J connectivity index is 1.60. The van der Waals surface area contributed by atoms with Crippen LogP contribution in [0.1, 0.15) is 135 Å². The number of carbonyl (C=O) groups excluding carboxylic acids is 4. The second-order valence-corrected chi connectivity index (χ2v) is 19.2. The molecule has 6 aromatic rings. The van der Waals surface area contributed by atoms with Crippen molar-refractivity contribution in [3.63, 3.8) is 0 Å². The number of aromatic hydroxyl groups is 6. The summed E-state index contributed by atoms with van der Waals surface area (Å²) in [4.78, 5) is 55.8. The van der Waals surface area contributed by atoms with E-state index in [2.05, 4.69) is 10.6 Å². The highest BCUT2D eigenvalue weighted by Crippen LogP contribution is 2.55. The van der Waals surface area contributed by atoms with Gasteiger partial charge in [0.2, 0.25) is 0 Å².